The molecule has 2 amide bonds. The summed E-state index contributed by atoms with van der Waals surface area (Å²) in [5.41, 5.74) is 3.47. The maximum absolute atomic E-state index is 12.2. The molecular formula is C20H18Br3N3O5. The van der Waals surface area contributed by atoms with Crippen LogP contribution < -0.4 is 10.2 Å². The number of nitrogens with zero attached hydrogens (tertiary/aromatic N) is 2. The Balaban J connectivity index is 1.55. The molecule has 3 rings (SSSR count). The molecule has 1 aliphatic rings. The van der Waals surface area contributed by atoms with Crippen LogP contribution in [0, 0.1) is 0 Å². The Labute approximate surface area is 204 Å². The molecule has 0 atom stereocenters. The van der Waals surface area contributed by atoms with Crippen molar-refractivity contribution in [3.05, 3.63) is 54.9 Å². The number of carbonyl (C=O) groups excluding carboxylic acids is 2. The molecule has 164 valence electrons. The van der Waals surface area contributed by atoms with Crippen molar-refractivity contribution in [1.82, 2.24) is 10.3 Å². The van der Waals surface area contributed by atoms with Crippen LogP contribution in [0.1, 0.15) is 15.9 Å². The number of morpholine rings is 1. The topological polar surface area (TPSA) is 100 Å². The lowest BCUT2D eigenvalue weighted by Gasteiger charge is -2.26. The largest absolute Gasteiger partial charge is 0.506 e. The SMILES string of the molecule is O=C(N/N=C\c1ccc(OCC(=O)N2CCOCC2)c(Br)c1)c1cc(Br)c(O)c(Br)c1. The number of hydrazone groups is 1. The van der Waals surface area contributed by atoms with Crippen molar-refractivity contribution in [2.24, 2.45) is 5.10 Å². The molecule has 0 aliphatic carbocycles. The molecule has 31 heavy (non-hydrogen) atoms. The Morgan fingerprint density at radius 3 is 2.45 bits per heavy atom. The van der Waals surface area contributed by atoms with Gasteiger partial charge < -0.3 is 19.5 Å². The van der Waals surface area contributed by atoms with Crippen LogP contribution in [0.15, 0.2) is 48.9 Å². The third kappa shape index (κ3) is 6.52. The summed E-state index contributed by atoms with van der Waals surface area (Å²) in [4.78, 5) is 26.1. The number of nitrogens with one attached hydrogen (secondary N) is 1. The highest BCUT2D eigenvalue weighted by Crippen LogP contribution is 2.33. The Morgan fingerprint density at radius 2 is 1.81 bits per heavy atom. The van der Waals surface area contributed by atoms with E-state index in [0.717, 1.165) is 0 Å². The van der Waals surface area contributed by atoms with Gasteiger partial charge in [0.1, 0.15) is 11.5 Å². The molecule has 2 aromatic rings. The zero-order valence-electron chi connectivity index (χ0n) is 16.1. The minimum absolute atomic E-state index is 0.0128. The number of rotatable bonds is 6. The predicted molar refractivity (Wildman–Crippen MR) is 126 cm³/mol. The van der Waals surface area contributed by atoms with Gasteiger partial charge in [-0.15, -0.1) is 0 Å². The fraction of sp³-hybridized carbons (Fsp3) is 0.250. The highest BCUT2D eigenvalue weighted by molar-refractivity contribution is 9.11. The van der Waals surface area contributed by atoms with Gasteiger partial charge in [0.2, 0.25) is 0 Å². The number of halogens is 3. The third-order valence-electron chi connectivity index (χ3n) is 4.33. The smallest absolute Gasteiger partial charge is 0.271 e. The Kier molecular flexibility index (Phi) is 8.47. The number of phenols is 1. The monoisotopic (exact) mass is 617 g/mol. The van der Waals surface area contributed by atoms with Crippen molar-refractivity contribution in [2.45, 2.75) is 0 Å². The molecule has 0 spiro atoms. The highest BCUT2D eigenvalue weighted by atomic mass is 79.9. The van der Waals surface area contributed by atoms with Gasteiger partial charge in [-0.25, -0.2) is 5.43 Å². The van der Waals surface area contributed by atoms with Crippen molar-refractivity contribution in [3.63, 3.8) is 0 Å². The van der Waals surface area contributed by atoms with E-state index in [4.69, 9.17) is 9.47 Å². The second-order valence-corrected chi connectivity index (χ2v) is 9.02. The molecular weight excluding hydrogens is 602 g/mol. The van der Waals surface area contributed by atoms with Crippen LogP contribution in [-0.4, -0.2) is 60.9 Å². The first-order valence-electron chi connectivity index (χ1n) is 9.14. The normalized spacial score (nSPS) is 14.0. The lowest BCUT2D eigenvalue weighted by atomic mass is 10.2. The zero-order valence-corrected chi connectivity index (χ0v) is 20.9. The first kappa shape index (κ1) is 23.7. The second-order valence-electron chi connectivity index (χ2n) is 6.46. The van der Waals surface area contributed by atoms with E-state index in [1.54, 1.807) is 23.1 Å². The minimum atomic E-state index is -0.432. The Bertz CT molecular complexity index is 987. The average Bonchev–Trinajstić information content (AvgIpc) is 2.76. The number of ether oxygens (including phenoxy) is 2. The Morgan fingerprint density at radius 1 is 1.13 bits per heavy atom. The van der Waals surface area contributed by atoms with Crippen molar-refractivity contribution >= 4 is 65.8 Å². The maximum Gasteiger partial charge on any atom is 0.271 e. The summed E-state index contributed by atoms with van der Waals surface area (Å²) in [6.07, 6.45) is 1.48. The number of aromatic hydroxyl groups is 1. The van der Waals surface area contributed by atoms with Gasteiger partial charge in [0.25, 0.3) is 11.8 Å². The first-order valence-corrected chi connectivity index (χ1v) is 11.5. The molecule has 1 heterocycles. The lowest BCUT2D eigenvalue weighted by Crippen LogP contribution is -2.43. The van der Waals surface area contributed by atoms with Gasteiger partial charge in [-0.1, -0.05) is 0 Å². The molecule has 8 nitrogen and oxygen atoms in total. The van der Waals surface area contributed by atoms with Crippen molar-refractivity contribution in [2.75, 3.05) is 32.9 Å². The lowest BCUT2D eigenvalue weighted by molar-refractivity contribution is -0.137. The second kappa shape index (κ2) is 11.1. The minimum Gasteiger partial charge on any atom is -0.506 e. The zero-order chi connectivity index (χ0) is 22.4. The summed E-state index contributed by atoms with van der Waals surface area (Å²) < 4.78 is 12.3. The molecule has 0 bridgehead atoms. The Hall–Kier alpha value is -1.95. The standard InChI is InChI=1S/C20H18Br3N3O5/c21-14-7-12(1-2-17(14)31-11-18(27)26-3-5-30-6-4-26)10-24-25-20(29)13-8-15(22)19(28)16(23)9-13/h1-2,7-10,28H,3-6,11H2,(H,25,29)/b24-10-. The van der Waals surface area contributed by atoms with Crippen LogP contribution in [-0.2, 0) is 9.53 Å². The van der Waals surface area contributed by atoms with Crippen LogP contribution >= 0.6 is 47.8 Å². The molecule has 0 saturated carbocycles. The van der Waals surface area contributed by atoms with Gasteiger partial charge in [-0.05, 0) is 83.7 Å². The summed E-state index contributed by atoms with van der Waals surface area (Å²) in [6, 6.07) is 8.21. The fourth-order valence-corrected chi connectivity index (χ4v) is 4.38. The van der Waals surface area contributed by atoms with E-state index < -0.39 is 5.91 Å². The summed E-state index contributed by atoms with van der Waals surface area (Å²) in [6.45, 7) is 2.17. The number of phenolic OH excluding ortho intramolecular Hbond substituents is 1. The van der Waals surface area contributed by atoms with Gasteiger partial charge in [0.15, 0.2) is 6.61 Å². The maximum atomic E-state index is 12.2. The summed E-state index contributed by atoms with van der Waals surface area (Å²) in [5.74, 6) is 0.0230. The quantitative estimate of drug-likeness (QED) is 0.380. The van der Waals surface area contributed by atoms with E-state index in [0.29, 0.717) is 56.6 Å². The molecule has 0 aromatic heterocycles. The molecule has 1 saturated heterocycles. The van der Waals surface area contributed by atoms with E-state index in [1.807, 2.05) is 0 Å². The molecule has 0 unspecified atom stereocenters. The third-order valence-corrected chi connectivity index (χ3v) is 6.16. The van der Waals surface area contributed by atoms with Crippen molar-refractivity contribution in [1.29, 1.82) is 0 Å². The molecule has 0 radical (unpaired) electrons. The summed E-state index contributed by atoms with van der Waals surface area (Å²) >= 11 is 9.79. The highest BCUT2D eigenvalue weighted by Gasteiger charge is 2.17. The van der Waals surface area contributed by atoms with E-state index in [1.165, 1.54) is 18.3 Å². The molecule has 1 fully saturated rings. The number of benzene rings is 2. The van der Waals surface area contributed by atoms with E-state index in [-0.39, 0.29) is 18.3 Å². The summed E-state index contributed by atoms with van der Waals surface area (Å²) in [7, 11) is 0. The average molecular weight is 620 g/mol. The van der Waals surface area contributed by atoms with Crippen LogP contribution in [0.5, 0.6) is 11.5 Å². The summed E-state index contributed by atoms with van der Waals surface area (Å²) in [5, 5.41) is 13.7. The number of amides is 2. The molecule has 2 aromatic carbocycles. The molecule has 2 N–H and O–H groups in total. The van der Waals surface area contributed by atoms with Gasteiger partial charge >= 0.3 is 0 Å². The van der Waals surface area contributed by atoms with Crippen LogP contribution in [0.4, 0.5) is 0 Å². The first-order chi connectivity index (χ1) is 14.8. The van der Waals surface area contributed by atoms with Crippen LogP contribution in [0.2, 0.25) is 0 Å². The van der Waals surface area contributed by atoms with E-state index in [9.17, 15) is 14.7 Å². The van der Waals surface area contributed by atoms with E-state index >= 15 is 0 Å². The van der Waals surface area contributed by atoms with Crippen LogP contribution in [0.25, 0.3) is 0 Å². The van der Waals surface area contributed by atoms with Crippen molar-refractivity contribution < 1.29 is 24.2 Å². The number of carbonyl (C=O) groups is 2. The van der Waals surface area contributed by atoms with Gasteiger partial charge in [-0.3, -0.25) is 9.59 Å². The predicted octanol–water partition coefficient (Wildman–Crippen LogP) is 3.68. The van der Waals surface area contributed by atoms with Crippen LogP contribution in [0.3, 0.4) is 0 Å². The molecule has 1 aliphatic heterocycles. The van der Waals surface area contributed by atoms with E-state index in [2.05, 4.69) is 58.3 Å². The van der Waals surface area contributed by atoms with Gasteiger partial charge in [0.05, 0.1) is 32.8 Å². The number of hydrogen-bond donors (Lipinski definition) is 2. The van der Waals surface area contributed by atoms with Gasteiger partial charge in [0, 0.05) is 18.7 Å². The molecule has 11 heteroatoms. The number of hydrogen-bond acceptors (Lipinski definition) is 6. The van der Waals surface area contributed by atoms with Gasteiger partial charge in [-0.2, -0.15) is 5.10 Å². The fourth-order valence-electron chi connectivity index (χ4n) is 2.68. The van der Waals surface area contributed by atoms with Crippen molar-refractivity contribution in [3.8, 4) is 11.5 Å².